The largest absolute Gasteiger partial charge is 0.490 e. The SMILES string of the molecule is CCC1OCC1COC(=C(C(F)(F)F)C(F)(F)F)C(F)(F)C(F)(F)F. The van der Waals surface area contributed by atoms with Gasteiger partial charge in [-0.15, -0.1) is 0 Å². The topological polar surface area (TPSA) is 18.5 Å². The molecule has 0 amide bonds. The van der Waals surface area contributed by atoms with Gasteiger partial charge in [-0.3, -0.25) is 0 Å². The Kier molecular flexibility index (Phi) is 5.92. The van der Waals surface area contributed by atoms with E-state index in [0.29, 0.717) is 0 Å². The maximum absolute atomic E-state index is 13.3. The van der Waals surface area contributed by atoms with Crippen molar-refractivity contribution in [3.63, 3.8) is 0 Å². The molecule has 0 aliphatic carbocycles. The van der Waals surface area contributed by atoms with Crippen molar-refractivity contribution in [2.45, 2.75) is 43.9 Å². The Bertz CT molecular complexity index is 483. The lowest BCUT2D eigenvalue weighted by Gasteiger charge is -2.37. The standard InChI is InChI=1S/C12H11F11O2/c1-2-6-5(3-24-6)4-25-8(9(13,14)12(21,22)23)7(10(15,16)17)11(18,19)20/h5-6H,2-4H2,1H3. The predicted molar refractivity (Wildman–Crippen MR) is 59.6 cm³/mol. The van der Waals surface area contributed by atoms with Gasteiger partial charge in [-0.2, -0.15) is 48.3 Å². The summed E-state index contributed by atoms with van der Waals surface area (Å²) in [6, 6.07) is 0. The van der Waals surface area contributed by atoms with Crippen molar-refractivity contribution in [1.29, 1.82) is 0 Å². The van der Waals surface area contributed by atoms with Crippen molar-refractivity contribution >= 4 is 0 Å². The highest BCUT2D eigenvalue weighted by Crippen LogP contribution is 2.49. The third-order valence-corrected chi connectivity index (χ3v) is 3.33. The third kappa shape index (κ3) is 4.67. The van der Waals surface area contributed by atoms with Crippen LogP contribution in [0.5, 0.6) is 0 Å². The van der Waals surface area contributed by atoms with Gasteiger partial charge in [0.05, 0.1) is 19.3 Å². The second-order valence-electron chi connectivity index (χ2n) is 5.12. The molecule has 25 heavy (non-hydrogen) atoms. The van der Waals surface area contributed by atoms with E-state index in [4.69, 9.17) is 4.74 Å². The Morgan fingerprint density at radius 2 is 1.40 bits per heavy atom. The van der Waals surface area contributed by atoms with Crippen LogP contribution in [-0.2, 0) is 9.47 Å². The number of rotatable bonds is 5. The van der Waals surface area contributed by atoms with Crippen LogP contribution < -0.4 is 0 Å². The van der Waals surface area contributed by atoms with Gasteiger partial charge in [0, 0.05) is 5.92 Å². The van der Waals surface area contributed by atoms with Crippen LogP contribution in [0, 0.1) is 5.92 Å². The minimum absolute atomic E-state index is 0.216. The molecule has 0 aromatic carbocycles. The minimum Gasteiger partial charge on any atom is -0.490 e. The summed E-state index contributed by atoms with van der Waals surface area (Å²) in [5.74, 6) is -10.9. The van der Waals surface area contributed by atoms with Crippen molar-refractivity contribution in [3.8, 4) is 0 Å². The van der Waals surface area contributed by atoms with Crippen LogP contribution in [0.4, 0.5) is 48.3 Å². The van der Waals surface area contributed by atoms with Crippen LogP contribution in [0.25, 0.3) is 0 Å². The molecule has 0 spiro atoms. The van der Waals surface area contributed by atoms with E-state index in [1.54, 1.807) is 0 Å². The highest BCUT2D eigenvalue weighted by molar-refractivity contribution is 5.26. The smallest absolute Gasteiger partial charge is 0.461 e. The first-order valence-corrected chi connectivity index (χ1v) is 6.61. The third-order valence-electron chi connectivity index (χ3n) is 3.33. The first-order valence-electron chi connectivity index (χ1n) is 6.61. The summed E-state index contributed by atoms with van der Waals surface area (Å²) in [5, 5.41) is 0. The molecule has 0 aromatic rings. The van der Waals surface area contributed by atoms with Crippen molar-refractivity contribution in [1.82, 2.24) is 0 Å². The molecule has 1 aliphatic heterocycles. The molecular formula is C12H11F11O2. The maximum atomic E-state index is 13.3. The second-order valence-corrected chi connectivity index (χ2v) is 5.12. The molecule has 148 valence electrons. The number of hydrogen-bond acceptors (Lipinski definition) is 2. The Morgan fingerprint density at radius 1 is 0.920 bits per heavy atom. The molecule has 0 bridgehead atoms. The van der Waals surface area contributed by atoms with Gasteiger partial charge in [-0.05, 0) is 6.42 Å². The maximum Gasteiger partial charge on any atom is 0.461 e. The summed E-state index contributed by atoms with van der Waals surface area (Å²) < 4.78 is 148. The molecule has 0 aromatic heterocycles. The monoisotopic (exact) mass is 396 g/mol. The van der Waals surface area contributed by atoms with Crippen molar-refractivity contribution < 1.29 is 57.8 Å². The van der Waals surface area contributed by atoms with E-state index in [9.17, 15) is 48.3 Å². The van der Waals surface area contributed by atoms with Gasteiger partial charge < -0.3 is 9.47 Å². The summed E-state index contributed by atoms with van der Waals surface area (Å²) in [6.45, 7) is 0.0423. The average Bonchev–Trinajstić information content (AvgIpc) is 2.31. The molecule has 13 heteroatoms. The molecule has 2 nitrogen and oxygen atoms in total. The Hall–Kier alpha value is -1.27. The zero-order valence-electron chi connectivity index (χ0n) is 12.3. The molecular weight excluding hydrogens is 385 g/mol. The Labute approximate surface area is 133 Å². The normalized spacial score (nSPS) is 22.4. The van der Waals surface area contributed by atoms with E-state index in [2.05, 4.69) is 4.74 Å². The quantitative estimate of drug-likeness (QED) is 0.481. The highest BCUT2D eigenvalue weighted by Gasteiger charge is 2.67. The number of halogens is 11. The molecule has 2 atom stereocenters. The van der Waals surface area contributed by atoms with Gasteiger partial charge in [0.2, 0.25) is 0 Å². The summed E-state index contributed by atoms with van der Waals surface area (Å²) in [5.41, 5.74) is -4.03. The van der Waals surface area contributed by atoms with Crippen LogP contribution in [0.1, 0.15) is 13.3 Å². The van der Waals surface area contributed by atoms with Gasteiger partial charge in [0.15, 0.2) is 11.3 Å². The number of alkyl halides is 11. The molecule has 0 radical (unpaired) electrons. The summed E-state index contributed by atoms with van der Waals surface area (Å²) in [4.78, 5) is 0. The Morgan fingerprint density at radius 3 is 1.68 bits per heavy atom. The summed E-state index contributed by atoms with van der Waals surface area (Å²) >= 11 is 0. The molecule has 1 saturated heterocycles. The number of hydrogen-bond donors (Lipinski definition) is 0. The minimum atomic E-state index is -6.72. The van der Waals surface area contributed by atoms with Crippen LogP contribution in [0.15, 0.2) is 11.3 Å². The first-order chi connectivity index (χ1) is 11.0. The lowest BCUT2D eigenvalue weighted by Crippen LogP contribution is -2.46. The van der Waals surface area contributed by atoms with Crippen LogP contribution in [0.2, 0.25) is 0 Å². The van der Waals surface area contributed by atoms with Crippen LogP contribution in [0.3, 0.4) is 0 Å². The fraction of sp³-hybridized carbons (Fsp3) is 0.833. The zero-order chi connectivity index (χ0) is 19.8. The molecule has 2 unspecified atom stereocenters. The van der Waals surface area contributed by atoms with E-state index < -0.39 is 54.4 Å². The van der Waals surface area contributed by atoms with Crippen molar-refractivity contribution in [2.24, 2.45) is 5.92 Å². The van der Waals surface area contributed by atoms with Crippen LogP contribution >= 0.6 is 0 Å². The highest BCUT2D eigenvalue weighted by atomic mass is 19.4. The lowest BCUT2D eigenvalue weighted by molar-refractivity contribution is -0.284. The molecule has 1 aliphatic rings. The van der Waals surface area contributed by atoms with Gasteiger partial charge in [0.1, 0.15) is 0 Å². The fourth-order valence-electron chi connectivity index (χ4n) is 2.03. The molecule has 1 fully saturated rings. The average molecular weight is 396 g/mol. The van der Waals surface area contributed by atoms with Gasteiger partial charge in [-0.25, -0.2) is 0 Å². The lowest BCUT2D eigenvalue weighted by atomic mass is 9.97. The van der Waals surface area contributed by atoms with Crippen LogP contribution in [-0.4, -0.2) is 43.8 Å². The molecule has 1 rings (SSSR count). The second kappa shape index (κ2) is 6.80. The summed E-state index contributed by atoms with van der Waals surface area (Å²) in [6.07, 6.45) is -20.3. The van der Waals surface area contributed by atoms with E-state index in [1.807, 2.05) is 0 Å². The summed E-state index contributed by atoms with van der Waals surface area (Å²) in [7, 11) is 0. The van der Waals surface area contributed by atoms with E-state index in [1.165, 1.54) is 6.92 Å². The predicted octanol–water partition coefficient (Wildman–Crippen LogP) is 5.00. The van der Waals surface area contributed by atoms with Gasteiger partial charge in [-0.1, -0.05) is 6.92 Å². The van der Waals surface area contributed by atoms with Crippen molar-refractivity contribution in [2.75, 3.05) is 13.2 Å². The molecule has 1 heterocycles. The van der Waals surface area contributed by atoms with E-state index in [-0.39, 0.29) is 13.0 Å². The number of ether oxygens (including phenoxy) is 2. The molecule has 0 N–H and O–H groups in total. The van der Waals surface area contributed by atoms with E-state index in [0.717, 1.165) is 0 Å². The molecule has 0 saturated carbocycles. The van der Waals surface area contributed by atoms with Gasteiger partial charge >= 0.3 is 24.5 Å². The fourth-order valence-corrected chi connectivity index (χ4v) is 2.03. The zero-order valence-corrected chi connectivity index (χ0v) is 12.3. The van der Waals surface area contributed by atoms with Crippen molar-refractivity contribution in [3.05, 3.63) is 11.3 Å². The first kappa shape index (κ1) is 21.8. The number of allylic oxidation sites excluding steroid dienone is 2. The van der Waals surface area contributed by atoms with E-state index >= 15 is 0 Å². The Balaban J connectivity index is 3.38. The van der Waals surface area contributed by atoms with Gasteiger partial charge in [0.25, 0.3) is 0 Å².